The van der Waals surface area contributed by atoms with Crippen molar-refractivity contribution in [3.8, 4) is 0 Å². The summed E-state index contributed by atoms with van der Waals surface area (Å²) < 4.78 is 27.7. The highest BCUT2D eigenvalue weighted by Gasteiger charge is 2.22. The van der Waals surface area contributed by atoms with Crippen LogP contribution in [0.5, 0.6) is 0 Å². The summed E-state index contributed by atoms with van der Waals surface area (Å²) in [6.45, 7) is 0.136. The topological polar surface area (TPSA) is 55.4 Å². The van der Waals surface area contributed by atoms with Crippen LogP contribution >= 0.6 is 19.0 Å². The van der Waals surface area contributed by atoms with E-state index in [0.29, 0.717) is 0 Å². The van der Waals surface area contributed by atoms with Crippen LogP contribution in [0.15, 0.2) is 12.7 Å². The number of carbonyl (C=O) groups is 1. The van der Waals surface area contributed by atoms with Gasteiger partial charge in [-0.2, -0.15) is 0 Å². The van der Waals surface area contributed by atoms with Gasteiger partial charge in [-0.15, -0.1) is 6.58 Å². The van der Waals surface area contributed by atoms with Crippen molar-refractivity contribution in [2.24, 2.45) is 0 Å². The molecule has 2 atom stereocenters. The zero-order valence-electron chi connectivity index (χ0n) is 7.07. The minimum Gasteiger partial charge on any atom is -0.299 e. The maximum Gasteiger partial charge on any atom is 0.350 e. The van der Waals surface area contributed by atoms with Gasteiger partial charge in [-0.3, -0.25) is 19.0 Å². The second kappa shape index (κ2) is 5.42. The Morgan fingerprint density at radius 3 is 2.85 bits per heavy atom. The van der Waals surface area contributed by atoms with E-state index in [4.69, 9.17) is 4.52 Å². The lowest BCUT2D eigenvalue weighted by Gasteiger charge is -2.15. The molecule has 0 saturated heterocycles. The maximum atomic E-state index is 11.7. The van der Waals surface area contributed by atoms with Crippen LogP contribution in [0, 0.1) is 0 Å². The molecule has 0 aromatic carbocycles. The lowest BCUT2D eigenvalue weighted by Crippen LogP contribution is -2.22. The largest absolute Gasteiger partial charge is 0.350 e. The van der Waals surface area contributed by atoms with E-state index in [1.54, 1.807) is 12.0 Å². The van der Waals surface area contributed by atoms with Crippen molar-refractivity contribution < 1.29 is 18.3 Å². The van der Waals surface area contributed by atoms with E-state index >= 15 is 0 Å². The van der Waals surface area contributed by atoms with Gasteiger partial charge in [0.05, 0.1) is 6.10 Å². The monoisotopic (exact) mass is 227 g/mol. The van der Waals surface area contributed by atoms with Crippen LogP contribution in [-0.2, 0) is 13.9 Å². The second-order valence-electron chi connectivity index (χ2n) is 2.24. The molecule has 1 N–H and O–H groups in total. The average molecular weight is 227 g/mol. The molecule has 0 rings (SSSR count). The van der Waals surface area contributed by atoms with E-state index in [9.17, 15) is 13.8 Å². The van der Waals surface area contributed by atoms with Gasteiger partial charge in [0.15, 0.2) is 6.67 Å². The Labute approximate surface area is 81.2 Å². The molecule has 4 nitrogen and oxygen atoms in total. The predicted molar refractivity (Wildman–Crippen MR) is 51.5 cm³/mol. The van der Waals surface area contributed by atoms with Gasteiger partial charge in [0.25, 0.3) is 5.91 Å². The fraction of sp³-hybridized carbons (Fsp3) is 0.500. The van der Waals surface area contributed by atoms with Crippen molar-refractivity contribution in [1.29, 1.82) is 0 Å². The van der Waals surface area contributed by atoms with Gasteiger partial charge < -0.3 is 0 Å². The van der Waals surface area contributed by atoms with Crippen molar-refractivity contribution in [2.75, 3.05) is 6.67 Å². The zero-order valence-corrected chi connectivity index (χ0v) is 8.85. The summed E-state index contributed by atoms with van der Waals surface area (Å²) in [5.74, 6) is -1.02. The molecule has 0 aliphatic carbocycles. The fourth-order valence-corrected chi connectivity index (χ4v) is 2.23. The zero-order chi connectivity index (χ0) is 10.5. The molecule has 76 valence electrons. The van der Waals surface area contributed by atoms with Crippen LogP contribution in [-0.4, -0.2) is 18.7 Å². The number of carbonyl (C=O) groups excluding carboxylic acids is 1. The van der Waals surface area contributed by atoms with Crippen LogP contribution in [0.4, 0.5) is 4.39 Å². The van der Waals surface area contributed by atoms with Crippen LogP contribution in [0.25, 0.3) is 0 Å². The van der Waals surface area contributed by atoms with E-state index in [1.165, 1.54) is 6.08 Å². The first-order chi connectivity index (χ1) is 5.91. The van der Waals surface area contributed by atoms with Gasteiger partial charge in [0.2, 0.25) is 0 Å². The van der Waals surface area contributed by atoms with E-state index in [2.05, 4.69) is 18.8 Å². The van der Waals surface area contributed by atoms with E-state index < -0.39 is 25.4 Å². The molecule has 0 radical (unpaired) electrons. The van der Waals surface area contributed by atoms with Crippen LogP contribution in [0.2, 0.25) is 0 Å². The molecular formula is C6H11FNO3PS. The molecule has 0 aromatic rings. The maximum absolute atomic E-state index is 11.7. The highest BCUT2D eigenvalue weighted by molar-refractivity contribution is 8.45. The molecule has 1 amide bonds. The van der Waals surface area contributed by atoms with Gasteiger partial charge in [0.1, 0.15) is 0 Å². The highest BCUT2D eigenvalue weighted by Crippen LogP contribution is 2.48. The molecule has 0 aliphatic heterocycles. The number of hydrogen-bond acceptors (Lipinski definition) is 3. The van der Waals surface area contributed by atoms with E-state index in [-0.39, 0.29) is 0 Å². The summed E-state index contributed by atoms with van der Waals surface area (Å²) in [6, 6.07) is 0. The molecule has 0 saturated carbocycles. The molecule has 1 unspecified atom stereocenters. The Hall–Kier alpha value is -0.320. The first-order valence-corrected chi connectivity index (χ1v) is 6.20. The second-order valence-corrected chi connectivity index (χ2v) is 5.29. The highest BCUT2D eigenvalue weighted by atomic mass is 32.7. The Bertz CT molecular complexity index is 248. The third kappa shape index (κ3) is 5.85. The van der Waals surface area contributed by atoms with E-state index in [1.807, 2.05) is 0 Å². The molecule has 7 heteroatoms. The summed E-state index contributed by atoms with van der Waals surface area (Å²) in [5.41, 5.74) is 0. The molecule has 0 aliphatic rings. The number of alkyl halides is 1. The molecule has 0 spiro atoms. The van der Waals surface area contributed by atoms with Crippen molar-refractivity contribution in [1.82, 2.24) is 5.09 Å². The Morgan fingerprint density at radius 2 is 2.46 bits per heavy atom. The number of halogens is 1. The first-order valence-electron chi connectivity index (χ1n) is 3.42. The van der Waals surface area contributed by atoms with Crippen molar-refractivity contribution in [3.05, 3.63) is 12.7 Å². The first kappa shape index (κ1) is 12.7. The van der Waals surface area contributed by atoms with Gasteiger partial charge in [-0.1, -0.05) is 18.3 Å². The lowest BCUT2D eigenvalue weighted by molar-refractivity contribution is -0.120. The molecule has 0 bridgehead atoms. The number of hydrogen-bond donors (Lipinski definition) is 2. The van der Waals surface area contributed by atoms with Gasteiger partial charge in [-0.05, 0) is 6.92 Å². The minimum atomic E-state index is -3.55. The van der Waals surface area contributed by atoms with Gasteiger partial charge >= 0.3 is 6.72 Å². The molecule has 0 aromatic heterocycles. The fourth-order valence-electron chi connectivity index (χ4n) is 0.482. The van der Waals surface area contributed by atoms with Crippen molar-refractivity contribution >= 4 is 24.9 Å². The quantitative estimate of drug-likeness (QED) is 0.427. The van der Waals surface area contributed by atoms with E-state index in [0.717, 1.165) is 0 Å². The Morgan fingerprint density at radius 1 is 1.92 bits per heavy atom. The summed E-state index contributed by atoms with van der Waals surface area (Å²) in [7, 11) is 0. The third-order valence-electron chi connectivity index (χ3n) is 1.03. The lowest BCUT2D eigenvalue weighted by atomic mass is 10.4. The Kier molecular flexibility index (Phi) is 5.29. The van der Waals surface area contributed by atoms with Gasteiger partial charge in [-0.25, -0.2) is 4.39 Å². The van der Waals surface area contributed by atoms with Crippen LogP contribution < -0.4 is 5.09 Å². The summed E-state index contributed by atoms with van der Waals surface area (Å²) in [5, 5.41) is 1.81. The standard InChI is InChI=1S/C6H11FNO3PS/c1-3-5(2)11-12(10,13)8-6(9)4-7/h3,5H,1,4H2,2H3,(H2,8,9,10,13)/t5-,12?/m0/s1. The Balaban J connectivity index is 4.16. The number of thiol groups is 1. The number of amides is 1. The van der Waals surface area contributed by atoms with Gasteiger partial charge in [0, 0.05) is 0 Å². The van der Waals surface area contributed by atoms with Crippen LogP contribution in [0.1, 0.15) is 6.92 Å². The third-order valence-corrected chi connectivity index (χ3v) is 2.76. The average Bonchev–Trinajstić information content (AvgIpc) is 2.02. The van der Waals surface area contributed by atoms with Crippen molar-refractivity contribution in [2.45, 2.75) is 13.0 Å². The van der Waals surface area contributed by atoms with Crippen LogP contribution in [0.3, 0.4) is 0 Å². The molecule has 0 heterocycles. The summed E-state index contributed by atoms with van der Waals surface area (Å²) in [4.78, 5) is 10.5. The minimum absolute atomic E-state index is 0.525. The summed E-state index contributed by atoms with van der Waals surface area (Å²) in [6.07, 6.45) is 0.855. The smallest absolute Gasteiger partial charge is 0.299 e. The molecule has 0 fully saturated rings. The predicted octanol–water partition coefficient (Wildman–Crippen LogP) is 1.70. The van der Waals surface area contributed by atoms with Crippen molar-refractivity contribution in [3.63, 3.8) is 0 Å². The molecular weight excluding hydrogens is 216 g/mol. The molecule has 13 heavy (non-hydrogen) atoms. The summed E-state index contributed by atoms with van der Waals surface area (Å²) >= 11 is 3.56. The number of nitrogens with one attached hydrogen (secondary N) is 1. The SMILES string of the molecule is C=C[C@H](C)OP(=O)(S)NC(=O)CF. The normalized spacial score (nSPS) is 17.2. The number of rotatable bonds is 5.